The summed E-state index contributed by atoms with van der Waals surface area (Å²) in [5.41, 5.74) is 1.57. The van der Waals surface area contributed by atoms with Gasteiger partial charge >= 0.3 is 0 Å². The van der Waals surface area contributed by atoms with E-state index in [4.69, 9.17) is 4.74 Å². The van der Waals surface area contributed by atoms with Gasteiger partial charge in [0, 0.05) is 6.07 Å². The Hall–Kier alpha value is -2.76. The summed E-state index contributed by atoms with van der Waals surface area (Å²) in [7, 11) is 0. The predicted octanol–water partition coefficient (Wildman–Crippen LogP) is 2.38. The molecule has 0 bridgehead atoms. The van der Waals surface area contributed by atoms with Crippen LogP contribution in [0.3, 0.4) is 0 Å². The SMILES string of the molecule is Fc1cccc(COc2cccc(-n3cnnn3)c2)c1. The molecule has 6 heteroatoms. The zero-order valence-electron chi connectivity index (χ0n) is 10.5. The maximum atomic E-state index is 13.1. The van der Waals surface area contributed by atoms with Crippen molar-refractivity contribution in [1.82, 2.24) is 20.2 Å². The Balaban J connectivity index is 1.73. The molecule has 0 radical (unpaired) electrons. The van der Waals surface area contributed by atoms with Crippen molar-refractivity contribution < 1.29 is 9.13 Å². The topological polar surface area (TPSA) is 52.8 Å². The van der Waals surface area contributed by atoms with Gasteiger partial charge in [0.25, 0.3) is 0 Å². The average molecular weight is 270 g/mol. The van der Waals surface area contributed by atoms with Crippen molar-refractivity contribution in [2.75, 3.05) is 0 Å². The highest BCUT2D eigenvalue weighted by atomic mass is 19.1. The van der Waals surface area contributed by atoms with Crippen LogP contribution in [0.5, 0.6) is 5.75 Å². The molecular formula is C14H11FN4O. The van der Waals surface area contributed by atoms with Crippen LogP contribution in [0.15, 0.2) is 54.9 Å². The zero-order valence-corrected chi connectivity index (χ0v) is 10.5. The first-order chi connectivity index (χ1) is 9.81. The summed E-state index contributed by atoms with van der Waals surface area (Å²) in [4.78, 5) is 0. The lowest BCUT2D eigenvalue weighted by atomic mass is 10.2. The van der Waals surface area contributed by atoms with Gasteiger partial charge in [-0.05, 0) is 40.3 Å². The molecule has 5 nitrogen and oxygen atoms in total. The summed E-state index contributed by atoms with van der Waals surface area (Å²) in [5.74, 6) is 0.399. The van der Waals surface area contributed by atoms with Crippen LogP contribution in [0.4, 0.5) is 4.39 Å². The Morgan fingerprint density at radius 1 is 1.10 bits per heavy atom. The molecule has 0 N–H and O–H groups in total. The zero-order chi connectivity index (χ0) is 13.8. The van der Waals surface area contributed by atoms with Crippen molar-refractivity contribution >= 4 is 0 Å². The van der Waals surface area contributed by atoms with Crippen LogP contribution in [0.2, 0.25) is 0 Å². The summed E-state index contributed by atoms with van der Waals surface area (Å²) in [5, 5.41) is 11.0. The number of nitrogens with zero attached hydrogens (tertiary/aromatic N) is 4. The Kier molecular flexibility index (Phi) is 3.36. The number of rotatable bonds is 4. The second-order valence-corrected chi connectivity index (χ2v) is 4.17. The van der Waals surface area contributed by atoms with E-state index in [2.05, 4.69) is 15.5 Å². The third-order valence-corrected chi connectivity index (χ3v) is 2.73. The lowest BCUT2D eigenvalue weighted by Gasteiger charge is -2.07. The largest absolute Gasteiger partial charge is 0.489 e. The number of halogens is 1. The third-order valence-electron chi connectivity index (χ3n) is 2.73. The average Bonchev–Trinajstić information content (AvgIpc) is 3.00. The van der Waals surface area contributed by atoms with Gasteiger partial charge in [0.2, 0.25) is 0 Å². The van der Waals surface area contributed by atoms with Gasteiger partial charge in [-0.1, -0.05) is 18.2 Å². The molecule has 1 aromatic heterocycles. The Morgan fingerprint density at radius 3 is 2.80 bits per heavy atom. The summed E-state index contributed by atoms with van der Waals surface area (Å²) < 4.78 is 20.2. The number of hydrogen-bond acceptors (Lipinski definition) is 4. The molecule has 100 valence electrons. The van der Waals surface area contributed by atoms with Crippen LogP contribution in [0, 0.1) is 5.82 Å². The van der Waals surface area contributed by atoms with Gasteiger partial charge in [-0.15, -0.1) is 5.10 Å². The maximum Gasteiger partial charge on any atom is 0.143 e. The van der Waals surface area contributed by atoms with Crippen LogP contribution in [0.25, 0.3) is 5.69 Å². The fourth-order valence-electron chi connectivity index (χ4n) is 1.79. The molecule has 3 rings (SSSR count). The highest BCUT2D eigenvalue weighted by molar-refractivity contribution is 5.38. The first kappa shape index (κ1) is 12.3. The van der Waals surface area contributed by atoms with Crippen LogP contribution in [-0.2, 0) is 6.61 Å². The van der Waals surface area contributed by atoms with Crippen molar-refractivity contribution in [1.29, 1.82) is 0 Å². The molecule has 20 heavy (non-hydrogen) atoms. The quantitative estimate of drug-likeness (QED) is 0.730. The van der Waals surface area contributed by atoms with Gasteiger partial charge in [-0.2, -0.15) is 0 Å². The van der Waals surface area contributed by atoms with E-state index in [1.165, 1.54) is 23.1 Å². The molecule has 0 fully saturated rings. The first-order valence-corrected chi connectivity index (χ1v) is 6.02. The van der Waals surface area contributed by atoms with Crippen molar-refractivity contribution in [3.8, 4) is 11.4 Å². The predicted molar refractivity (Wildman–Crippen MR) is 69.9 cm³/mol. The fourth-order valence-corrected chi connectivity index (χ4v) is 1.79. The Morgan fingerprint density at radius 2 is 2.00 bits per heavy atom. The summed E-state index contributed by atoms with van der Waals surface area (Å²) in [6.07, 6.45) is 1.51. The van der Waals surface area contributed by atoms with Crippen molar-refractivity contribution in [3.05, 3.63) is 66.2 Å². The van der Waals surface area contributed by atoms with Crippen LogP contribution in [0.1, 0.15) is 5.56 Å². The molecule has 0 spiro atoms. The summed E-state index contributed by atoms with van der Waals surface area (Å²) in [6.45, 7) is 0.302. The molecule has 0 atom stereocenters. The molecular weight excluding hydrogens is 259 g/mol. The molecule has 0 aliphatic heterocycles. The minimum Gasteiger partial charge on any atom is -0.489 e. The normalized spacial score (nSPS) is 10.4. The van der Waals surface area contributed by atoms with Gasteiger partial charge in [0.1, 0.15) is 24.5 Å². The van der Waals surface area contributed by atoms with E-state index in [-0.39, 0.29) is 5.82 Å². The molecule has 0 aliphatic rings. The minimum atomic E-state index is -0.270. The van der Waals surface area contributed by atoms with E-state index in [0.717, 1.165) is 11.3 Å². The molecule has 0 saturated heterocycles. The van der Waals surface area contributed by atoms with Crippen LogP contribution < -0.4 is 4.74 Å². The molecule has 3 aromatic rings. The monoisotopic (exact) mass is 270 g/mol. The highest BCUT2D eigenvalue weighted by Crippen LogP contribution is 2.17. The van der Waals surface area contributed by atoms with E-state index in [1.54, 1.807) is 6.07 Å². The van der Waals surface area contributed by atoms with Gasteiger partial charge < -0.3 is 4.74 Å². The van der Waals surface area contributed by atoms with E-state index in [9.17, 15) is 4.39 Å². The highest BCUT2D eigenvalue weighted by Gasteiger charge is 2.01. The van der Waals surface area contributed by atoms with Gasteiger partial charge in [-0.3, -0.25) is 0 Å². The summed E-state index contributed by atoms with van der Waals surface area (Å²) >= 11 is 0. The lowest BCUT2D eigenvalue weighted by Crippen LogP contribution is -1.98. The third kappa shape index (κ3) is 2.80. The van der Waals surface area contributed by atoms with Crippen LogP contribution in [-0.4, -0.2) is 20.2 Å². The second-order valence-electron chi connectivity index (χ2n) is 4.17. The number of benzene rings is 2. The van der Waals surface area contributed by atoms with E-state index in [0.29, 0.717) is 12.4 Å². The molecule has 0 amide bonds. The maximum absolute atomic E-state index is 13.1. The number of tetrazole rings is 1. The molecule has 0 aliphatic carbocycles. The van der Waals surface area contributed by atoms with E-state index in [1.807, 2.05) is 30.3 Å². The fraction of sp³-hybridized carbons (Fsp3) is 0.0714. The Labute approximate surface area is 114 Å². The molecule has 2 aromatic carbocycles. The van der Waals surface area contributed by atoms with E-state index < -0.39 is 0 Å². The van der Waals surface area contributed by atoms with Gasteiger partial charge in [-0.25, -0.2) is 9.07 Å². The lowest BCUT2D eigenvalue weighted by molar-refractivity contribution is 0.305. The molecule has 1 heterocycles. The minimum absolute atomic E-state index is 0.270. The molecule has 0 unspecified atom stereocenters. The van der Waals surface area contributed by atoms with E-state index >= 15 is 0 Å². The second kappa shape index (κ2) is 5.48. The Bertz CT molecular complexity index is 700. The van der Waals surface area contributed by atoms with Crippen molar-refractivity contribution in [2.45, 2.75) is 6.61 Å². The first-order valence-electron chi connectivity index (χ1n) is 6.02. The smallest absolute Gasteiger partial charge is 0.143 e. The molecule has 0 saturated carbocycles. The number of ether oxygens (including phenoxy) is 1. The number of hydrogen-bond donors (Lipinski definition) is 0. The standard InChI is InChI=1S/C14H11FN4O/c15-12-4-1-3-11(7-12)9-20-14-6-2-5-13(8-14)19-10-16-17-18-19/h1-8,10H,9H2. The number of aromatic nitrogens is 4. The van der Waals surface area contributed by atoms with Gasteiger partial charge in [0.05, 0.1) is 5.69 Å². The van der Waals surface area contributed by atoms with Crippen molar-refractivity contribution in [3.63, 3.8) is 0 Å². The summed E-state index contributed by atoms with van der Waals surface area (Å²) in [6, 6.07) is 13.7. The van der Waals surface area contributed by atoms with Gasteiger partial charge in [0.15, 0.2) is 0 Å². The van der Waals surface area contributed by atoms with Crippen LogP contribution >= 0.6 is 0 Å². The van der Waals surface area contributed by atoms with Crippen molar-refractivity contribution in [2.24, 2.45) is 0 Å².